The quantitative estimate of drug-likeness (QED) is 0.614. The van der Waals surface area contributed by atoms with Gasteiger partial charge in [-0.25, -0.2) is 4.52 Å². The molecule has 0 spiro atoms. The van der Waals surface area contributed by atoms with Gasteiger partial charge in [-0.2, -0.15) is 4.98 Å². The Hall–Kier alpha value is -2.80. The normalized spacial score (nSPS) is 11.1. The molecule has 0 fully saturated rings. The number of fused-ring (bicyclic) bond motifs is 1. The van der Waals surface area contributed by atoms with Crippen molar-refractivity contribution >= 4 is 28.1 Å². The highest BCUT2D eigenvalue weighted by atomic mass is 32.1. The molecule has 3 heterocycles. The van der Waals surface area contributed by atoms with Gasteiger partial charge in [0, 0.05) is 10.4 Å². The van der Waals surface area contributed by atoms with Crippen LogP contribution >= 0.6 is 11.3 Å². The molecule has 0 saturated heterocycles. The third-order valence-corrected chi connectivity index (χ3v) is 4.95. The van der Waals surface area contributed by atoms with Crippen molar-refractivity contribution in [1.29, 1.82) is 0 Å². The topological polar surface area (TPSA) is 68.0 Å². The van der Waals surface area contributed by atoms with Gasteiger partial charge in [-0.05, 0) is 32.9 Å². The summed E-state index contributed by atoms with van der Waals surface area (Å²) in [6.45, 7) is 6.17. The minimum absolute atomic E-state index is 0.529. The molecule has 1 aromatic carbocycles. The molecule has 0 bridgehead atoms. The first-order valence-electron chi connectivity index (χ1n) is 7.61. The number of benzene rings is 1. The predicted octanol–water partition coefficient (Wildman–Crippen LogP) is 3.92. The van der Waals surface area contributed by atoms with Crippen molar-refractivity contribution in [3.05, 3.63) is 52.5 Å². The van der Waals surface area contributed by atoms with Crippen molar-refractivity contribution in [2.75, 3.05) is 5.32 Å². The first-order chi connectivity index (χ1) is 11.6. The summed E-state index contributed by atoms with van der Waals surface area (Å²) in [6, 6.07) is 12.0. The second kappa shape index (κ2) is 5.68. The van der Waals surface area contributed by atoms with E-state index >= 15 is 0 Å². The molecular weight excluding hydrogens is 320 g/mol. The zero-order valence-corrected chi connectivity index (χ0v) is 14.4. The van der Waals surface area contributed by atoms with Crippen LogP contribution in [0.3, 0.4) is 0 Å². The van der Waals surface area contributed by atoms with Gasteiger partial charge in [-0.1, -0.05) is 41.2 Å². The zero-order valence-electron chi connectivity index (χ0n) is 13.6. The molecule has 0 amide bonds. The van der Waals surface area contributed by atoms with E-state index in [1.165, 1.54) is 10.4 Å². The highest BCUT2D eigenvalue weighted by Gasteiger charge is 2.11. The molecule has 6 nitrogen and oxygen atoms in total. The lowest BCUT2D eigenvalue weighted by molar-refractivity contribution is 0.925. The third kappa shape index (κ3) is 2.63. The van der Waals surface area contributed by atoms with E-state index in [4.69, 9.17) is 0 Å². The molecule has 120 valence electrons. The van der Waals surface area contributed by atoms with Gasteiger partial charge in [0.2, 0.25) is 10.9 Å². The van der Waals surface area contributed by atoms with E-state index in [1.807, 2.05) is 35.7 Å². The Kier molecular flexibility index (Phi) is 3.50. The van der Waals surface area contributed by atoms with Gasteiger partial charge in [-0.3, -0.25) is 0 Å². The molecule has 0 aliphatic carbocycles. The summed E-state index contributed by atoms with van der Waals surface area (Å²) >= 11 is 1.62. The van der Waals surface area contributed by atoms with Gasteiger partial charge >= 0.3 is 0 Å². The van der Waals surface area contributed by atoms with E-state index in [0.717, 1.165) is 21.9 Å². The van der Waals surface area contributed by atoms with Crippen LogP contribution in [0, 0.1) is 20.8 Å². The van der Waals surface area contributed by atoms with Crippen molar-refractivity contribution in [3.8, 4) is 11.3 Å². The van der Waals surface area contributed by atoms with E-state index in [2.05, 4.69) is 51.6 Å². The van der Waals surface area contributed by atoms with Crippen LogP contribution in [0.2, 0.25) is 0 Å². The number of aromatic nitrogens is 5. The Balaban J connectivity index is 1.56. The van der Waals surface area contributed by atoms with Gasteiger partial charge in [0.05, 0.1) is 11.4 Å². The molecule has 0 unspecified atom stereocenters. The van der Waals surface area contributed by atoms with E-state index in [0.29, 0.717) is 11.8 Å². The summed E-state index contributed by atoms with van der Waals surface area (Å²) in [4.78, 5) is 6.56. The molecular formula is C17H16N6S. The Labute approximate surface area is 143 Å². The Morgan fingerprint density at radius 2 is 1.75 bits per heavy atom. The maximum Gasteiger partial charge on any atom is 0.249 e. The van der Waals surface area contributed by atoms with Crippen LogP contribution < -0.4 is 5.32 Å². The highest BCUT2D eigenvalue weighted by Crippen LogP contribution is 2.23. The number of thiazole rings is 1. The van der Waals surface area contributed by atoms with Gasteiger partial charge < -0.3 is 5.32 Å². The summed E-state index contributed by atoms with van der Waals surface area (Å²) in [5.74, 6) is 1.15. The minimum Gasteiger partial charge on any atom is -0.306 e. The minimum atomic E-state index is 0.529. The maximum atomic E-state index is 4.47. The van der Waals surface area contributed by atoms with Crippen LogP contribution in [0.5, 0.6) is 0 Å². The summed E-state index contributed by atoms with van der Waals surface area (Å²) in [5, 5.41) is 16.1. The molecule has 0 atom stereocenters. The molecule has 0 saturated carbocycles. The van der Waals surface area contributed by atoms with Crippen LogP contribution in [0.1, 0.15) is 16.1 Å². The first-order valence-corrected chi connectivity index (χ1v) is 8.42. The van der Waals surface area contributed by atoms with Crippen LogP contribution in [0.4, 0.5) is 11.8 Å². The van der Waals surface area contributed by atoms with Crippen LogP contribution in [-0.2, 0) is 0 Å². The standard InChI is InChI=1S/C17H16N6S/c1-10-4-6-13(7-5-10)14-8-9-15(21-20-14)18-16-19-17-23(22-16)11(2)12(3)24-17/h4-9H,1-3H3,(H,18,21,22). The van der Waals surface area contributed by atoms with Gasteiger partial charge in [-0.15, -0.1) is 15.3 Å². The van der Waals surface area contributed by atoms with Crippen molar-refractivity contribution in [1.82, 2.24) is 24.8 Å². The third-order valence-electron chi connectivity index (χ3n) is 3.90. The fourth-order valence-electron chi connectivity index (χ4n) is 2.39. The van der Waals surface area contributed by atoms with Gasteiger partial charge in [0.1, 0.15) is 0 Å². The van der Waals surface area contributed by atoms with Crippen molar-refractivity contribution in [2.45, 2.75) is 20.8 Å². The number of hydrogen-bond acceptors (Lipinski definition) is 6. The first kappa shape index (κ1) is 14.8. The lowest BCUT2D eigenvalue weighted by atomic mass is 10.1. The molecule has 0 aliphatic heterocycles. The van der Waals surface area contributed by atoms with Gasteiger partial charge in [0.25, 0.3) is 0 Å². The van der Waals surface area contributed by atoms with E-state index in [9.17, 15) is 0 Å². The molecule has 0 aliphatic rings. The Bertz CT molecular complexity index is 998. The molecule has 0 radical (unpaired) electrons. The number of nitrogens with one attached hydrogen (secondary N) is 1. The molecule has 3 aromatic heterocycles. The smallest absolute Gasteiger partial charge is 0.249 e. The lowest BCUT2D eigenvalue weighted by Crippen LogP contribution is -1.98. The van der Waals surface area contributed by atoms with Crippen molar-refractivity contribution < 1.29 is 0 Å². The number of rotatable bonds is 3. The number of aryl methyl sites for hydroxylation is 3. The summed E-state index contributed by atoms with van der Waals surface area (Å²) in [7, 11) is 0. The molecule has 4 rings (SSSR count). The fourth-order valence-corrected chi connectivity index (χ4v) is 3.29. The molecule has 7 heteroatoms. The average molecular weight is 336 g/mol. The van der Waals surface area contributed by atoms with Crippen LogP contribution in [-0.4, -0.2) is 24.8 Å². The summed E-state index contributed by atoms with van der Waals surface area (Å²) in [6.07, 6.45) is 0. The average Bonchev–Trinajstić information content (AvgIpc) is 3.08. The SMILES string of the molecule is Cc1ccc(-c2ccc(Nc3nc4sc(C)c(C)n4n3)nn2)cc1. The predicted molar refractivity (Wildman–Crippen MR) is 95.8 cm³/mol. The van der Waals surface area contributed by atoms with Gasteiger partial charge in [0.15, 0.2) is 5.82 Å². The Morgan fingerprint density at radius 1 is 0.958 bits per heavy atom. The van der Waals surface area contributed by atoms with E-state index in [1.54, 1.807) is 11.3 Å². The van der Waals surface area contributed by atoms with E-state index in [-0.39, 0.29) is 0 Å². The Morgan fingerprint density at radius 3 is 2.42 bits per heavy atom. The monoisotopic (exact) mass is 336 g/mol. The van der Waals surface area contributed by atoms with Crippen LogP contribution in [0.25, 0.3) is 16.2 Å². The fraction of sp³-hybridized carbons (Fsp3) is 0.176. The summed E-state index contributed by atoms with van der Waals surface area (Å²) in [5.41, 5.74) is 4.22. The van der Waals surface area contributed by atoms with E-state index < -0.39 is 0 Å². The number of anilines is 2. The van der Waals surface area contributed by atoms with Crippen LogP contribution in [0.15, 0.2) is 36.4 Å². The number of hydrogen-bond donors (Lipinski definition) is 1. The lowest BCUT2D eigenvalue weighted by Gasteiger charge is -2.03. The second-order valence-electron chi connectivity index (χ2n) is 5.67. The largest absolute Gasteiger partial charge is 0.306 e. The number of nitrogens with zero attached hydrogens (tertiary/aromatic N) is 5. The zero-order chi connectivity index (χ0) is 16.7. The molecule has 24 heavy (non-hydrogen) atoms. The highest BCUT2D eigenvalue weighted by molar-refractivity contribution is 7.17. The summed E-state index contributed by atoms with van der Waals surface area (Å²) < 4.78 is 1.84. The second-order valence-corrected chi connectivity index (χ2v) is 6.85. The molecule has 4 aromatic rings. The van der Waals surface area contributed by atoms with Crippen molar-refractivity contribution in [3.63, 3.8) is 0 Å². The molecule has 1 N–H and O–H groups in total. The maximum absolute atomic E-state index is 4.47. The van der Waals surface area contributed by atoms with Crippen molar-refractivity contribution in [2.24, 2.45) is 0 Å².